The summed E-state index contributed by atoms with van der Waals surface area (Å²) in [5, 5.41) is 7.12. The van der Waals surface area contributed by atoms with Gasteiger partial charge in [-0.2, -0.15) is 4.98 Å². The maximum atomic E-state index is 12.3. The number of hydrogen-bond donors (Lipinski definition) is 3. The molecule has 0 spiro atoms. The Morgan fingerprint density at radius 2 is 1.88 bits per heavy atom. The van der Waals surface area contributed by atoms with Crippen LogP contribution in [0.5, 0.6) is 0 Å². The number of nitrogens with zero attached hydrogens (tertiary/aromatic N) is 3. The number of aryl methyl sites for hydroxylation is 1. The fourth-order valence-corrected chi connectivity index (χ4v) is 3.59. The van der Waals surface area contributed by atoms with E-state index in [4.69, 9.17) is 23.2 Å². The van der Waals surface area contributed by atoms with Gasteiger partial charge in [-0.3, -0.25) is 4.79 Å². The van der Waals surface area contributed by atoms with E-state index in [-0.39, 0.29) is 5.91 Å². The summed E-state index contributed by atoms with van der Waals surface area (Å²) >= 11 is 12.2. The first-order valence-electron chi connectivity index (χ1n) is 10.0. The van der Waals surface area contributed by atoms with Crippen molar-refractivity contribution in [2.45, 2.75) is 12.8 Å². The number of carbonyl (C=O) groups is 1. The zero-order valence-electron chi connectivity index (χ0n) is 17.0. The monoisotopic (exact) mass is 466 g/mol. The summed E-state index contributed by atoms with van der Waals surface area (Å²) in [5.41, 5.74) is 2.27. The van der Waals surface area contributed by atoms with Crippen molar-refractivity contribution < 1.29 is 4.79 Å². The van der Waals surface area contributed by atoms with Crippen molar-refractivity contribution in [3.05, 3.63) is 88.4 Å². The molecule has 0 aliphatic heterocycles. The van der Waals surface area contributed by atoms with E-state index in [0.29, 0.717) is 33.9 Å². The third kappa shape index (κ3) is 5.63. The van der Waals surface area contributed by atoms with Crippen molar-refractivity contribution in [2.75, 3.05) is 17.2 Å². The molecule has 0 unspecified atom stereocenters. The smallest absolute Gasteiger partial charge is 0.256 e. The van der Waals surface area contributed by atoms with Crippen LogP contribution in [0.15, 0.2) is 67.0 Å². The Kier molecular flexibility index (Phi) is 6.99. The van der Waals surface area contributed by atoms with Crippen molar-refractivity contribution in [1.29, 1.82) is 0 Å². The van der Waals surface area contributed by atoms with Crippen molar-refractivity contribution in [2.24, 2.45) is 0 Å². The molecule has 2 aromatic carbocycles. The fraction of sp³-hybridized carbons (Fsp3) is 0.130. The minimum absolute atomic E-state index is 0.218. The molecular weight excluding hydrogens is 447 g/mol. The predicted molar refractivity (Wildman–Crippen MR) is 127 cm³/mol. The number of aromatic nitrogens is 4. The Hall–Kier alpha value is -3.42. The number of halogens is 2. The lowest BCUT2D eigenvalue weighted by molar-refractivity contribution is 0.102. The average molecular weight is 467 g/mol. The zero-order chi connectivity index (χ0) is 22.3. The fourth-order valence-electron chi connectivity index (χ4n) is 3.08. The summed E-state index contributed by atoms with van der Waals surface area (Å²) in [6.45, 7) is 0.647. The molecule has 1 amide bonds. The number of aromatic amines is 1. The first kappa shape index (κ1) is 21.8. The van der Waals surface area contributed by atoms with Gasteiger partial charge in [-0.15, -0.1) is 0 Å². The van der Waals surface area contributed by atoms with Gasteiger partial charge in [-0.25, -0.2) is 9.97 Å². The lowest BCUT2D eigenvalue weighted by atomic mass is 10.2. The largest absolute Gasteiger partial charge is 0.354 e. The number of carbonyl (C=O) groups excluding carboxylic acids is 1. The molecule has 32 heavy (non-hydrogen) atoms. The molecule has 2 aromatic heterocycles. The maximum absolute atomic E-state index is 12.3. The van der Waals surface area contributed by atoms with Gasteiger partial charge in [0, 0.05) is 35.3 Å². The van der Waals surface area contributed by atoms with Gasteiger partial charge >= 0.3 is 0 Å². The molecule has 4 aromatic rings. The molecule has 4 rings (SSSR count). The number of rotatable bonds is 8. The van der Waals surface area contributed by atoms with Crippen molar-refractivity contribution in [3.8, 4) is 11.3 Å². The lowest BCUT2D eigenvalue weighted by Gasteiger charge is -2.07. The van der Waals surface area contributed by atoms with Crippen LogP contribution in [-0.2, 0) is 6.42 Å². The Morgan fingerprint density at radius 3 is 2.69 bits per heavy atom. The highest BCUT2D eigenvalue weighted by molar-refractivity contribution is 6.36. The van der Waals surface area contributed by atoms with Gasteiger partial charge in [0.15, 0.2) is 0 Å². The van der Waals surface area contributed by atoms with E-state index in [1.165, 1.54) is 0 Å². The number of nitrogens with one attached hydrogen (secondary N) is 3. The SMILES string of the molecule is O=C(Nc1ccnc(NCCCc2ncc(-c3ccc(Cl)cc3Cl)[nH]2)n1)c1ccccc1. The molecule has 0 saturated carbocycles. The van der Waals surface area contributed by atoms with Crippen LogP contribution in [0.2, 0.25) is 10.0 Å². The highest BCUT2D eigenvalue weighted by Gasteiger charge is 2.09. The number of anilines is 2. The molecule has 2 heterocycles. The summed E-state index contributed by atoms with van der Waals surface area (Å²) in [6, 6.07) is 16.0. The van der Waals surface area contributed by atoms with Gasteiger partial charge in [-0.1, -0.05) is 41.4 Å². The normalized spacial score (nSPS) is 10.7. The minimum atomic E-state index is -0.218. The Labute approximate surface area is 195 Å². The van der Waals surface area contributed by atoms with Crippen LogP contribution in [0.4, 0.5) is 11.8 Å². The summed E-state index contributed by atoms with van der Waals surface area (Å²) in [5.74, 6) is 1.53. The molecule has 0 saturated heterocycles. The quantitative estimate of drug-likeness (QED) is 0.299. The van der Waals surface area contributed by atoms with Crippen LogP contribution in [0.1, 0.15) is 22.6 Å². The minimum Gasteiger partial charge on any atom is -0.354 e. The molecule has 0 bridgehead atoms. The third-order valence-corrected chi connectivity index (χ3v) is 5.20. The summed E-state index contributed by atoms with van der Waals surface area (Å²) in [4.78, 5) is 28.5. The molecular formula is C23H20Cl2N6O. The molecule has 0 atom stereocenters. The molecule has 0 fully saturated rings. The molecule has 0 aliphatic rings. The summed E-state index contributed by atoms with van der Waals surface area (Å²) in [7, 11) is 0. The number of hydrogen-bond acceptors (Lipinski definition) is 5. The van der Waals surface area contributed by atoms with E-state index >= 15 is 0 Å². The molecule has 9 heteroatoms. The third-order valence-electron chi connectivity index (χ3n) is 4.66. The zero-order valence-corrected chi connectivity index (χ0v) is 18.5. The number of benzene rings is 2. The van der Waals surface area contributed by atoms with Crippen LogP contribution >= 0.6 is 23.2 Å². The maximum Gasteiger partial charge on any atom is 0.256 e. The second-order valence-corrected chi connectivity index (χ2v) is 7.83. The molecule has 0 aliphatic carbocycles. The molecule has 3 N–H and O–H groups in total. The van der Waals surface area contributed by atoms with Gasteiger partial charge in [0.25, 0.3) is 5.91 Å². The van der Waals surface area contributed by atoms with E-state index in [1.54, 1.807) is 42.7 Å². The lowest BCUT2D eigenvalue weighted by Crippen LogP contribution is -2.14. The average Bonchev–Trinajstić information content (AvgIpc) is 3.26. The highest BCUT2D eigenvalue weighted by atomic mass is 35.5. The Bertz CT molecular complexity index is 1210. The highest BCUT2D eigenvalue weighted by Crippen LogP contribution is 2.29. The standard InChI is InChI=1S/C23H20Cl2N6O/c24-16-8-9-17(18(25)13-16)19-14-28-20(29-19)7-4-11-26-23-27-12-10-21(31-23)30-22(32)15-5-2-1-3-6-15/h1-3,5-6,8-10,12-14H,4,7,11H2,(H,28,29)(H2,26,27,30,31,32). The van der Waals surface area contributed by atoms with Crippen LogP contribution < -0.4 is 10.6 Å². The Morgan fingerprint density at radius 1 is 1.03 bits per heavy atom. The van der Waals surface area contributed by atoms with E-state index in [0.717, 1.165) is 29.9 Å². The number of H-pyrrole nitrogens is 1. The topological polar surface area (TPSA) is 95.6 Å². The van der Waals surface area contributed by atoms with E-state index in [2.05, 4.69) is 30.6 Å². The first-order chi connectivity index (χ1) is 15.6. The summed E-state index contributed by atoms with van der Waals surface area (Å²) in [6.07, 6.45) is 4.92. The van der Waals surface area contributed by atoms with Crippen molar-refractivity contribution in [3.63, 3.8) is 0 Å². The van der Waals surface area contributed by atoms with Gasteiger partial charge in [0.1, 0.15) is 11.6 Å². The second kappa shape index (κ2) is 10.3. The van der Waals surface area contributed by atoms with Crippen LogP contribution in [0.25, 0.3) is 11.3 Å². The van der Waals surface area contributed by atoms with Crippen LogP contribution in [0.3, 0.4) is 0 Å². The van der Waals surface area contributed by atoms with Crippen LogP contribution in [0, 0.1) is 0 Å². The molecule has 7 nitrogen and oxygen atoms in total. The van der Waals surface area contributed by atoms with Crippen molar-refractivity contribution in [1.82, 2.24) is 19.9 Å². The molecule has 162 valence electrons. The predicted octanol–water partition coefficient (Wildman–Crippen LogP) is 5.47. The van der Waals surface area contributed by atoms with Crippen molar-refractivity contribution >= 4 is 40.9 Å². The Balaban J connectivity index is 1.28. The van der Waals surface area contributed by atoms with E-state index in [1.807, 2.05) is 24.3 Å². The van der Waals surface area contributed by atoms with Gasteiger partial charge in [0.05, 0.1) is 16.9 Å². The number of amides is 1. The summed E-state index contributed by atoms with van der Waals surface area (Å²) < 4.78 is 0. The van der Waals surface area contributed by atoms with E-state index < -0.39 is 0 Å². The number of imidazole rings is 1. The molecule has 0 radical (unpaired) electrons. The first-order valence-corrected chi connectivity index (χ1v) is 10.8. The van der Waals surface area contributed by atoms with Gasteiger partial charge in [0.2, 0.25) is 5.95 Å². The second-order valence-electron chi connectivity index (χ2n) is 6.98. The van der Waals surface area contributed by atoms with E-state index in [9.17, 15) is 4.79 Å². The van der Waals surface area contributed by atoms with Gasteiger partial charge in [-0.05, 0) is 42.8 Å². The van der Waals surface area contributed by atoms with Crippen LogP contribution in [-0.4, -0.2) is 32.4 Å². The van der Waals surface area contributed by atoms with Gasteiger partial charge < -0.3 is 15.6 Å².